The van der Waals surface area contributed by atoms with E-state index in [1.165, 1.54) is 16.5 Å². The predicted octanol–water partition coefficient (Wildman–Crippen LogP) is -0.940. The molecule has 3 aliphatic rings. The van der Waals surface area contributed by atoms with Crippen molar-refractivity contribution >= 4 is 29.5 Å². The molecule has 4 rings (SSSR count). The molecule has 0 unspecified atom stereocenters. The molecule has 4 heterocycles. The summed E-state index contributed by atoms with van der Waals surface area (Å²) in [5, 5.41) is 21.2. The van der Waals surface area contributed by atoms with Crippen LogP contribution in [0, 0.1) is 5.92 Å². The maximum absolute atomic E-state index is 12.5. The number of carbonyl (C=O) groups is 3. The third kappa shape index (κ3) is 1.90. The lowest BCUT2D eigenvalue weighted by Crippen LogP contribution is -2.69. The van der Waals surface area contributed by atoms with Crippen molar-refractivity contribution in [2.75, 3.05) is 6.54 Å². The topological polar surface area (TPSA) is 122 Å². The van der Waals surface area contributed by atoms with Gasteiger partial charge in [-0.3, -0.25) is 14.5 Å². The molecule has 1 aromatic rings. The Hall–Kier alpha value is -2.43. The summed E-state index contributed by atoms with van der Waals surface area (Å²) in [5.74, 6) is -1.61. The van der Waals surface area contributed by atoms with Crippen LogP contribution in [0.5, 0.6) is 0 Å². The number of aromatic nitrogens is 4. The first kappa shape index (κ1) is 15.1. The molecule has 126 valence electrons. The van der Waals surface area contributed by atoms with Crippen molar-refractivity contribution in [3.8, 4) is 0 Å². The first-order valence-corrected chi connectivity index (χ1v) is 8.18. The maximum atomic E-state index is 12.5. The van der Waals surface area contributed by atoms with Crippen molar-refractivity contribution in [2.24, 2.45) is 13.0 Å². The third-order valence-corrected chi connectivity index (χ3v) is 5.85. The molecule has 0 saturated carbocycles. The fraction of sp³-hybridized carbons (Fsp3) is 0.538. The van der Waals surface area contributed by atoms with Gasteiger partial charge < -0.3 is 10.0 Å². The Labute approximate surface area is 140 Å². The quantitative estimate of drug-likeness (QED) is 0.693. The van der Waals surface area contributed by atoms with Crippen LogP contribution >= 0.6 is 11.8 Å². The number of hydrogen-bond acceptors (Lipinski definition) is 7. The highest BCUT2D eigenvalue weighted by molar-refractivity contribution is 8.03. The van der Waals surface area contributed by atoms with E-state index in [0.717, 1.165) is 11.8 Å². The number of hydrogen-bond donors (Lipinski definition) is 1. The van der Waals surface area contributed by atoms with Gasteiger partial charge in [-0.05, 0) is 16.8 Å². The van der Waals surface area contributed by atoms with Crippen LogP contribution in [0.3, 0.4) is 0 Å². The number of carbonyl (C=O) groups excluding carboxylic acids is 2. The Bertz CT molecular complexity index is 804. The minimum atomic E-state index is -1.15. The second kappa shape index (κ2) is 5.03. The van der Waals surface area contributed by atoms with Gasteiger partial charge in [0.2, 0.25) is 11.1 Å². The Morgan fingerprint density at radius 1 is 1.38 bits per heavy atom. The lowest BCUT2D eigenvalue weighted by Gasteiger charge is -2.49. The van der Waals surface area contributed by atoms with Crippen LogP contribution in [0.1, 0.15) is 13.3 Å². The van der Waals surface area contributed by atoms with Crippen LogP contribution in [-0.2, 0) is 21.4 Å². The molecular weight excluding hydrogens is 336 g/mol. The van der Waals surface area contributed by atoms with E-state index >= 15 is 0 Å². The van der Waals surface area contributed by atoms with E-state index in [-0.39, 0.29) is 29.5 Å². The predicted molar refractivity (Wildman–Crippen MR) is 79.2 cm³/mol. The number of rotatable bonds is 3. The lowest BCUT2D eigenvalue weighted by molar-refractivity contribution is -0.159. The van der Waals surface area contributed by atoms with Gasteiger partial charge in [0.15, 0.2) is 0 Å². The van der Waals surface area contributed by atoms with E-state index in [2.05, 4.69) is 15.5 Å². The minimum Gasteiger partial charge on any atom is -0.477 e. The van der Waals surface area contributed by atoms with E-state index in [0.29, 0.717) is 23.0 Å². The van der Waals surface area contributed by atoms with Gasteiger partial charge in [-0.25, -0.2) is 9.48 Å². The van der Waals surface area contributed by atoms with Crippen molar-refractivity contribution < 1.29 is 19.5 Å². The van der Waals surface area contributed by atoms with Crippen molar-refractivity contribution in [2.45, 2.75) is 30.6 Å². The molecule has 11 heteroatoms. The summed E-state index contributed by atoms with van der Waals surface area (Å²) in [4.78, 5) is 39.4. The molecule has 10 nitrogen and oxygen atoms in total. The van der Waals surface area contributed by atoms with Crippen molar-refractivity contribution in [3.05, 3.63) is 10.6 Å². The zero-order valence-corrected chi connectivity index (χ0v) is 13.7. The molecule has 0 bridgehead atoms. The summed E-state index contributed by atoms with van der Waals surface area (Å²) in [5.41, 5.74) is -0.0177. The second-order valence-electron chi connectivity index (χ2n) is 6.04. The molecule has 2 fully saturated rings. The fourth-order valence-electron chi connectivity index (χ4n) is 3.72. The Morgan fingerprint density at radius 3 is 2.71 bits per heavy atom. The molecule has 0 spiro atoms. The number of tetrazole rings is 1. The lowest BCUT2D eigenvalue weighted by atomic mass is 9.82. The maximum Gasteiger partial charge on any atom is 0.353 e. The number of β-lactam (4-membered cyclic amide) rings is 1. The van der Waals surface area contributed by atoms with E-state index in [1.54, 1.807) is 11.9 Å². The number of thioether (sulfide) groups is 1. The number of carboxylic acid groups (broad SMARTS) is 1. The molecule has 1 N–H and O–H groups in total. The average Bonchev–Trinajstić information content (AvgIpc) is 3.08. The Kier molecular flexibility index (Phi) is 3.17. The van der Waals surface area contributed by atoms with E-state index in [1.807, 2.05) is 0 Å². The highest BCUT2D eigenvalue weighted by Gasteiger charge is 2.63. The number of aryl methyl sites for hydroxylation is 1. The number of allylic oxidation sites excluding steroid dienone is 1. The molecule has 0 radical (unpaired) electrons. The van der Waals surface area contributed by atoms with Gasteiger partial charge >= 0.3 is 5.97 Å². The highest BCUT2D eigenvalue weighted by Crippen LogP contribution is 2.50. The Morgan fingerprint density at radius 2 is 2.12 bits per heavy atom. The molecule has 3 aliphatic heterocycles. The van der Waals surface area contributed by atoms with Crippen LogP contribution in [0.15, 0.2) is 15.8 Å². The number of amides is 2. The van der Waals surface area contributed by atoms with Crippen LogP contribution < -0.4 is 0 Å². The minimum absolute atomic E-state index is 0.0177. The summed E-state index contributed by atoms with van der Waals surface area (Å²) in [6, 6.07) is -0.764. The van der Waals surface area contributed by atoms with E-state index in [9.17, 15) is 19.5 Å². The van der Waals surface area contributed by atoms with Gasteiger partial charge in [0, 0.05) is 31.3 Å². The molecule has 24 heavy (non-hydrogen) atoms. The number of nitrogens with zero attached hydrogens (tertiary/aromatic N) is 6. The average molecular weight is 350 g/mol. The summed E-state index contributed by atoms with van der Waals surface area (Å²) < 4.78 is 1.44. The zero-order valence-electron chi connectivity index (χ0n) is 12.9. The first-order chi connectivity index (χ1) is 11.4. The fourth-order valence-corrected chi connectivity index (χ4v) is 4.77. The standard InChI is InChI=1S/C13H14N6O4S/c1-5(20)18-4-6-3-7(24-13-14-15-16-17(13)2)9(12(22)23)19-8(6)10(18)11(19)21/h6,8,10H,3-4H2,1-2H3,(H,22,23)/t6-,8-,10+/m1/s1. The van der Waals surface area contributed by atoms with Gasteiger partial charge in [-0.1, -0.05) is 11.8 Å². The summed E-state index contributed by atoms with van der Waals surface area (Å²) >= 11 is 1.15. The highest BCUT2D eigenvalue weighted by atomic mass is 32.2. The van der Waals surface area contributed by atoms with Gasteiger partial charge in [-0.2, -0.15) is 0 Å². The molecule has 2 saturated heterocycles. The van der Waals surface area contributed by atoms with Gasteiger partial charge in [0.05, 0.1) is 6.04 Å². The Balaban J connectivity index is 1.73. The van der Waals surface area contributed by atoms with Crippen LogP contribution in [0.4, 0.5) is 0 Å². The first-order valence-electron chi connectivity index (χ1n) is 7.37. The molecule has 2 amide bonds. The third-order valence-electron chi connectivity index (χ3n) is 4.72. The molecule has 3 atom stereocenters. The summed E-state index contributed by atoms with van der Waals surface area (Å²) in [6.07, 6.45) is 0.480. The van der Waals surface area contributed by atoms with Crippen molar-refractivity contribution in [3.63, 3.8) is 0 Å². The van der Waals surface area contributed by atoms with Crippen LogP contribution in [-0.4, -0.2) is 71.5 Å². The largest absolute Gasteiger partial charge is 0.477 e. The summed E-state index contributed by atoms with van der Waals surface area (Å²) in [6.45, 7) is 1.89. The van der Waals surface area contributed by atoms with Crippen molar-refractivity contribution in [1.82, 2.24) is 30.0 Å². The molecule has 0 aliphatic carbocycles. The van der Waals surface area contributed by atoms with Crippen molar-refractivity contribution in [1.29, 1.82) is 0 Å². The van der Waals surface area contributed by atoms with Gasteiger partial charge in [0.25, 0.3) is 5.91 Å². The molecule has 1 aromatic heterocycles. The normalized spacial score (nSPS) is 28.1. The number of carboxylic acids is 1. The number of likely N-dealkylation sites (tertiary alicyclic amines) is 1. The van der Waals surface area contributed by atoms with Crippen LogP contribution in [0.2, 0.25) is 0 Å². The second-order valence-corrected chi connectivity index (χ2v) is 7.11. The van der Waals surface area contributed by atoms with E-state index < -0.39 is 12.0 Å². The molecular formula is C13H14N6O4S. The summed E-state index contributed by atoms with van der Waals surface area (Å²) in [7, 11) is 1.66. The van der Waals surface area contributed by atoms with Gasteiger partial charge in [-0.15, -0.1) is 5.10 Å². The van der Waals surface area contributed by atoms with Crippen LogP contribution in [0.25, 0.3) is 0 Å². The SMILES string of the molecule is CC(=O)N1C[C@H]2CC(Sc3nnnn3C)=C(C(=O)O)N3C(=O)[C@@H]1[C@@H]23. The smallest absolute Gasteiger partial charge is 0.353 e. The number of aliphatic carboxylic acids is 1. The molecule has 0 aromatic carbocycles. The monoisotopic (exact) mass is 350 g/mol. The van der Waals surface area contributed by atoms with E-state index in [4.69, 9.17) is 0 Å². The zero-order chi connectivity index (χ0) is 17.2. The van der Waals surface area contributed by atoms with Gasteiger partial charge in [0.1, 0.15) is 11.7 Å².